The molecule has 64 valence electrons. The second kappa shape index (κ2) is 10.5. The van der Waals surface area contributed by atoms with E-state index in [0.29, 0.717) is 0 Å². The van der Waals surface area contributed by atoms with Crippen LogP contribution in [-0.4, -0.2) is 77.6 Å². The molecule has 0 rings (SSSR count). The summed E-state index contributed by atoms with van der Waals surface area (Å²) < 4.78 is 0. The maximum atomic E-state index is 8.33. The minimum atomic E-state index is -4.61. The molecule has 0 saturated carbocycles. The Bertz CT molecular complexity index is 76.6. The Kier molecular flexibility index (Phi) is 21.6. The fraction of sp³-hybridized carbons (Fsp3) is 0. The van der Waals surface area contributed by atoms with Crippen LogP contribution in [0.15, 0.2) is 0 Å². The van der Waals surface area contributed by atoms with E-state index in [1.54, 1.807) is 0 Å². The van der Waals surface area contributed by atoms with E-state index in [9.17, 15) is 0 Å². The van der Waals surface area contributed by atoms with Crippen molar-refractivity contribution in [3.8, 4) is 0 Å². The smallest absolute Gasteiger partial charge is 0.652 e. The zero-order valence-electron chi connectivity index (χ0n) is 5.22. The molecule has 0 aromatic heterocycles. The molecule has 0 aromatic rings. The molecule has 0 spiro atoms. The molecule has 0 heterocycles. The van der Waals surface area contributed by atoms with Crippen molar-refractivity contribution in [2.75, 3.05) is 0 Å². The quantitative estimate of drug-likeness (QED) is 0.290. The van der Waals surface area contributed by atoms with Crippen molar-refractivity contribution in [1.29, 1.82) is 0 Å². The first-order valence-electron chi connectivity index (χ1n) is 1.51. The average Bonchev–Trinajstić information content (AvgIpc) is 1.19. The Hall–Kier alpha value is 0.547. The van der Waals surface area contributed by atoms with Crippen LogP contribution in [0.2, 0.25) is 0 Å². The summed E-state index contributed by atoms with van der Waals surface area (Å²) in [5.74, 6) is 0. The van der Waals surface area contributed by atoms with E-state index in [4.69, 9.17) is 34.2 Å². The third-order valence-electron chi connectivity index (χ3n) is 0. The maximum Gasteiger partial charge on any atom is 2.00 e. The van der Waals surface area contributed by atoms with Crippen molar-refractivity contribution in [1.82, 2.24) is 0 Å². The zero-order valence-corrected chi connectivity index (χ0v) is 8.43. The first-order chi connectivity index (χ1) is 3.73. The molecule has 0 aliphatic carbocycles. The Labute approximate surface area is 92.1 Å². The number of rotatable bonds is 0. The van der Waals surface area contributed by atoms with Crippen molar-refractivity contribution in [3.05, 3.63) is 0 Å². The van der Waals surface area contributed by atoms with Gasteiger partial charge < -0.3 is 39.7 Å². The van der Waals surface area contributed by atoms with Crippen molar-refractivity contribution in [3.63, 3.8) is 0 Å². The second-order valence-electron chi connectivity index (χ2n) is 0.850. The number of carboxylic acid groups (broad SMARTS) is 2. The molecule has 11 heavy (non-hydrogen) atoms. The van der Waals surface area contributed by atoms with Gasteiger partial charge in [-0.3, -0.25) is 0 Å². The molecular formula is CH6CaO8Si. The van der Waals surface area contributed by atoms with E-state index in [1.165, 1.54) is 0 Å². The summed E-state index contributed by atoms with van der Waals surface area (Å²) in [6, 6.07) is 0. The molecular weight excluding hydrogens is 208 g/mol. The van der Waals surface area contributed by atoms with Crippen LogP contribution in [0.25, 0.3) is 0 Å². The standard InChI is InChI=1S/CH2O3.Ca.H4O4Si.H2O/c2-1(3)4;;1-5(2,3)4;/h(H2,2,3,4);;1-4H;1H2/q;+2;;/p-2. The van der Waals surface area contributed by atoms with E-state index in [2.05, 4.69) is 0 Å². The Morgan fingerprint density at radius 3 is 1.09 bits per heavy atom. The molecule has 0 radical (unpaired) electrons. The largest absolute Gasteiger partial charge is 2.00 e. The molecule has 8 nitrogen and oxygen atoms in total. The van der Waals surface area contributed by atoms with E-state index >= 15 is 0 Å². The predicted molar refractivity (Wildman–Crippen MR) is 29.4 cm³/mol. The van der Waals surface area contributed by atoms with Crippen LogP contribution in [0.4, 0.5) is 4.79 Å². The normalized spacial score (nSPS) is 7.64. The maximum absolute atomic E-state index is 8.33. The summed E-state index contributed by atoms with van der Waals surface area (Å²) in [6.07, 6.45) is -2.33. The van der Waals surface area contributed by atoms with Crippen LogP contribution in [0.5, 0.6) is 0 Å². The first kappa shape index (κ1) is 22.6. The summed E-state index contributed by atoms with van der Waals surface area (Å²) in [5, 5.41) is 16.7. The molecule has 0 aromatic carbocycles. The molecule has 0 bridgehead atoms. The van der Waals surface area contributed by atoms with E-state index < -0.39 is 15.2 Å². The van der Waals surface area contributed by atoms with Gasteiger partial charge in [-0.05, 0) is 6.16 Å². The van der Waals surface area contributed by atoms with Crippen LogP contribution in [0.1, 0.15) is 0 Å². The average molecular weight is 214 g/mol. The Morgan fingerprint density at radius 2 is 1.09 bits per heavy atom. The fourth-order valence-electron chi connectivity index (χ4n) is 0. The zero-order chi connectivity index (χ0) is 8.08. The van der Waals surface area contributed by atoms with Gasteiger partial charge in [-0.25, -0.2) is 0 Å². The summed E-state index contributed by atoms with van der Waals surface area (Å²) in [5.41, 5.74) is 0. The van der Waals surface area contributed by atoms with Crippen LogP contribution < -0.4 is 10.2 Å². The Morgan fingerprint density at radius 1 is 1.09 bits per heavy atom. The minimum Gasteiger partial charge on any atom is -0.652 e. The molecule has 10 heteroatoms. The topological polar surface area (TPSA) is 176 Å². The molecule has 0 aliphatic heterocycles. The van der Waals surface area contributed by atoms with Crippen molar-refractivity contribution < 1.29 is 39.7 Å². The van der Waals surface area contributed by atoms with Crippen molar-refractivity contribution in [2.24, 2.45) is 0 Å². The summed E-state index contributed by atoms with van der Waals surface area (Å²) in [6.45, 7) is 0. The van der Waals surface area contributed by atoms with E-state index in [0.717, 1.165) is 0 Å². The number of hydrogen-bond donors (Lipinski definition) is 4. The van der Waals surface area contributed by atoms with Crippen molar-refractivity contribution >= 4 is 52.9 Å². The third-order valence-corrected chi connectivity index (χ3v) is 0. The molecule has 0 unspecified atom stereocenters. The monoisotopic (exact) mass is 214 g/mol. The van der Waals surface area contributed by atoms with Gasteiger partial charge in [-0.15, -0.1) is 0 Å². The molecule has 0 atom stereocenters. The van der Waals surface area contributed by atoms with Gasteiger partial charge in [0.05, 0.1) is 0 Å². The summed E-state index contributed by atoms with van der Waals surface area (Å²) in [4.78, 5) is 37.6. The number of hydrogen-bond acceptors (Lipinski definition) is 7. The van der Waals surface area contributed by atoms with E-state index in [-0.39, 0.29) is 43.2 Å². The van der Waals surface area contributed by atoms with Gasteiger partial charge in [-0.1, -0.05) is 0 Å². The van der Waals surface area contributed by atoms with Crippen LogP contribution in [0.3, 0.4) is 0 Å². The third kappa shape index (κ3) is 2580. The second-order valence-corrected chi connectivity index (χ2v) is 2.05. The minimum absolute atomic E-state index is 0. The SMILES string of the molecule is O.O=C([O-])[O-].O[Si](O)(O)O.[Ca+2]. The van der Waals surface area contributed by atoms with Gasteiger partial charge in [0, 0.05) is 0 Å². The number of carbonyl (C=O) groups excluding carboxylic acids is 1. The molecule has 0 fully saturated rings. The van der Waals surface area contributed by atoms with Gasteiger partial charge in [0.1, 0.15) is 0 Å². The van der Waals surface area contributed by atoms with Gasteiger partial charge >= 0.3 is 46.8 Å². The number of carbonyl (C=O) groups is 1. The Balaban J connectivity index is -0.0000000383. The molecule has 0 saturated heterocycles. The fourth-order valence-corrected chi connectivity index (χ4v) is 0. The van der Waals surface area contributed by atoms with Crippen LogP contribution >= 0.6 is 0 Å². The summed E-state index contributed by atoms with van der Waals surface area (Å²) in [7, 11) is -4.61. The van der Waals surface area contributed by atoms with Crippen LogP contribution in [0, 0.1) is 0 Å². The molecule has 0 amide bonds. The van der Waals surface area contributed by atoms with Gasteiger partial charge in [-0.2, -0.15) is 0 Å². The van der Waals surface area contributed by atoms with Gasteiger partial charge in [0.25, 0.3) is 0 Å². The summed E-state index contributed by atoms with van der Waals surface area (Å²) >= 11 is 0. The van der Waals surface area contributed by atoms with Crippen LogP contribution in [-0.2, 0) is 0 Å². The molecule has 6 N–H and O–H groups in total. The van der Waals surface area contributed by atoms with E-state index in [1.807, 2.05) is 0 Å². The van der Waals surface area contributed by atoms with Gasteiger partial charge in [0.2, 0.25) is 0 Å². The molecule has 0 aliphatic rings. The van der Waals surface area contributed by atoms with Crippen molar-refractivity contribution in [2.45, 2.75) is 0 Å². The van der Waals surface area contributed by atoms with Gasteiger partial charge in [0.15, 0.2) is 0 Å². The predicted octanol–water partition coefficient (Wildman–Crippen LogP) is -6.26. The first-order valence-corrected chi connectivity index (χ1v) is 3.30.